The monoisotopic (exact) mass is 355 g/mol. The SMILES string of the molecule is CN(CC(=O)Nc1ccc(CN2CCCC2)cc1)Cc1ccccc1F. The fourth-order valence-electron chi connectivity index (χ4n) is 3.31. The number of likely N-dealkylation sites (tertiary alicyclic amines) is 1. The van der Waals surface area contributed by atoms with E-state index in [-0.39, 0.29) is 18.3 Å². The molecule has 0 saturated carbocycles. The van der Waals surface area contributed by atoms with Gasteiger partial charge in [-0.1, -0.05) is 30.3 Å². The molecule has 1 fully saturated rings. The highest BCUT2D eigenvalue weighted by atomic mass is 19.1. The van der Waals surface area contributed by atoms with Crippen molar-refractivity contribution < 1.29 is 9.18 Å². The predicted molar refractivity (Wildman–Crippen MR) is 102 cm³/mol. The first-order valence-electron chi connectivity index (χ1n) is 9.13. The lowest BCUT2D eigenvalue weighted by Gasteiger charge is -2.17. The van der Waals surface area contributed by atoms with E-state index in [1.165, 1.54) is 37.6 Å². The van der Waals surface area contributed by atoms with Crippen molar-refractivity contribution in [3.8, 4) is 0 Å². The van der Waals surface area contributed by atoms with E-state index in [4.69, 9.17) is 0 Å². The molecule has 5 heteroatoms. The van der Waals surface area contributed by atoms with Crippen molar-refractivity contribution >= 4 is 11.6 Å². The number of amides is 1. The summed E-state index contributed by atoms with van der Waals surface area (Å²) in [7, 11) is 1.81. The van der Waals surface area contributed by atoms with Gasteiger partial charge in [0.25, 0.3) is 0 Å². The minimum absolute atomic E-state index is 0.101. The van der Waals surface area contributed by atoms with E-state index in [1.807, 2.05) is 19.2 Å². The second kappa shape index (κ2) is 8.92. The van der Waals surface area contributed by atoms with Gasteiger partial charge in [-0.05, 0) is 56.7 Å². The number of nitrogens with zero attached hydrogens (tertiary/aromatic N) is 2. The summed E-state index contributed by atoms with van der Waals surface area (Å²) in [5.41, 5.74) is 2.65. The lowest BCUT2D eigenvalue weighted by Crippen LogP contribution is -2.30. The fraction of sp³-hybridized carbons (Fsp3) is 0.381. The predicted octanol–water partition coefficient (Wildman–Crippen LogP) is 3.49. The number of benzene rings is 2. The number of hydrogen-bond acceptors (Lipinski definition) is 3. The molecule has 0 atom stereocenters. The summed E-state index contributed by atoms with van der Waals surface area (Å²) in [6, 6.07) is 14.7. The molecule has 26 heavy (non-hydrogen) atoms. The van der Waals surface area contributed by atoms with Crippen molar-refractivity contribution in [3.63, 3.8) is 0 Å². The molecule has 1 heterocycles. The fourth-order valence-corrected chi connectivity index (χ4v) is 3.31. The van der Waals surface area contributed by atoms with Gasteiger partial charge in [0, 0.05) is 24.3 Å². The van der Waals surface area contributed by atoms with Gasteiger partial charge in [0.05, 0.1) is 6.54 Å². The Labute approximate surface area is 154 Å². The molecule has 1 aliphatic rings. The molecule has 0 aliphatic carbocycles. The van der Waals surface area contributed by atoms with Gasteiger partial charge in [-0.2, -0.15) is 0 Å². The summed E-state index contributed by atoms with van der Waals surface area (Å²) in [5, 5.41) is 2.91. The quantitative estimate of drug-likeness (QED) is 0.826. The Morgan fingerprint density at radius 1 is 1.12 bits per heavy atom. The number of hydrogen-bond donors (Lipinski definition) is 1. The first kappa shape index (κ1) is 18.5. The lowest BCUT2D eigenvalue weighted by atomic mass is 10.2. The summed E-state index contributed by atoms with van der Waals surface area (Å²) in [6.07, 6.45) is 2.57. The maximum Gasteiger partial charge on any atom is 0.238 e. The van der Waals surface area contributed by atoms with E-state index >= 15 is 0 Å². The molecule has 2 aromatic rings. The van der Waals surface area contributed by atoms with E-state index in [0.717, 1.165) is 12.2 Å². The van der Waals surface area contributed by atoms with Crippen LogP contribution in [0.4, 0.5) is 10.1 Å². The van der Waals surface area contributed by atoms with E-state index in [0.29, 0.717) is 12.1 Å². The summed E-state index contributed by atoms with van der Waals surface area (Å²) >= 11 is 0. The van der Waals surface area contributed by atoms with Crippen LogP contribution >= 0.6 is 0 Å². The first-order valence-corrected chi connectivity index (χ1v) is 9.13. The Bertz CT molecular complexity index is 726. The number of nitrogens with one attached hydrogen (secondary N) is 1. The first-order chi connectivity index (χ1) is 12.6. The second-order valence-electron chi connectivity index (χ2n) is 6.99. The molecular formula is C21H26FN3O. The van der Waals surface area contributed by atoms with Crippen molar-refractivity contribution in [2.24, 2.45) is 0 Å². The van der Waals surface area contributed by atoms with Gasteiger partial charge >= 0.3 is 0 Å². The van der Waals surface area contributed by atoms with Crippen LogP contribution in [-0.2, 0) is 17.9 Å². The molecule has 1 N–H and O–H groups in total. The molecule has 2 aromatic carbocycles. The Hall–Kier alpha value is -2.24. The zero-order valence-electron chi connectivity index (χ0n) is 15.2. The Morgan fingerprint density at radius 2 is 1.81 bits per heavy atom. The van der Waals surface area contributed by atoms with Gasteiger partial charge in [-0.3, -0.25) is 14.6 Å². The number of carbonyl (C=O) groups excluding carboxylic acids is 1. The average molecular weight is 355 g/mol. The van der Waals surface area contributed by atoms with Crippen molar-refractivity contribution in [1.29, 1.82) is 0 Å². The largest absolute Gasteiger partial charge is 0.325 e. The minimum atomic E-state index is -0.242. The standard InChI is InChI=1S/C21H26FN3O/c1-24(15-18-6-2-3-7-20(18)22)16-21(26)23-19-10-8-17(9-11-19)14-25-12-4-5-13-25/h2-3,6-11H,4-5,12-16H2,1H3,(H,23,26). The van der Waals surface area contributed by atoms with Crippen molar-refractivity contribution in [1.82, 2.24) is 9.80 Å². The molecule has 1 saturated heterocycles. The van der Waals surface area contributed by atoms with Crippen LogP contribution in [0.2, 0.25) is 0 Å². The highest BCUT2D eigenvalue weighted by Crippen LogP contribution is 2.15. The van der Waals surface area contributed by atoms with Crippen molar-refractivity contribution in [2.45, 2.75) is 25.9 Å². The van der Waals surface area contributed by atoms with E-state index in [9.17, 15) is 9.18 Å². The van der Waals surface area contributed by atoms with E-state index in [1.54, 1.807) is 23.1 Å². The van der Waals surface area contributed by atoms with Gasteiger partial charge in [0.2, 0.25) is 5.91 Å². The molecule has 138 valence electrons. The summed E-state index contributed by atoms with van der Waals surface area (Å²) in [5.74, 6) is -0.343. The van der Waals surface area contributed by atoms with Gasteiger partial charge in [0.15, 0.2) is 0 Å². The molecule has 1 amide bonds. The Balaban J connectivity index is 1.47. The van der Waals surface area contributed by atoms with Crippen molar-refractivity contribution in [2.75, 3.05) is 32.0 Å². The zero-order valence-corrected chi connectivity index (χ0v) is 15.2. The van der Waals surface area contributed by atoms with Crippen LogP contribution in [0.5, 0.6) is 0 Å². The van der Waals surface area contributed by atoms with Crippen LogP contribution in [0.15, 0.2) is 48.5 Å². The highest BCUT2D eigenvalue weighted by Gasteiger charge is 2.12. The van der Waals surface area contributed by atoms with E-state index in [2.05, 4.69) is 22.3 Å². The Kier molecular flexibility index (Phi) is 6.36. The van der Waals surface area contributed by atoms with Crippen LogP contribution in [0.25, 0.3) is 0 Å². The third-order valence-corrected chi connectivity index (χ3v) is 4.65. The molecule has 0 aromatic heterocycles. The molecule has 4 nitrogen and oxygen atoms in total. The number of anilines is 1. The summed E-state index contributed by atoms with van der Waals surface area (Å²) < 4.78 is 13.7. The Morgan fingerprint density at radius 3 is 2.50 bits per heavy atom. The molecule has 0 unspecified atom stereocenters. The maximum atomic E-state index is 13.7. The smallest absolute Gasteiger partial charge is 0.238 e. The van der Waals surface area contributed by atoms with E-state index < -0.39 is 0 Å². The van der Waals surface area contributed by atoms with Gasteiger partial charge < -0.3 is 5.32 Å². The number of carbonyl (C=O) groups is 1. The van der Waals surface area contributed by atoms with Crippen molar-refractivity contribution in [3.05, 3.63) is 65.5 Å². The topological polar surface area (TPSA) is 35.6 Å². The molecular weight excluding hydrogens is 329 g/mol. The lowest BCUT2D eigenvalue weighted by molar-refractivity contribution is -0.117. The molecule has 0 radical (unpaired) electrons. The van der Waals surface area contributed by atoms with Crippen LogP contribution in [-0.4, -0.2) is 42.4 Å². The highest BCUT2D eigenvalue weighted by molar-refractivity contribution is 5.92. The van der Waals surface area contributed by atoms with Crippen LogP contribution < -0.4 is 5.32 Å². The molecule has 0 bridgehead atoms. The minimum Gasteiger partial charge on any atom is -0.325 e. The third kappa shape index (κ3) is 5.38. The molecule has 0 spiro atoms. The van der Waals surface area contributed by atoms with Gasteiger partial charge in [-0.15, -0.1) is 0 Å². The van der Waals surface area contributed by atoms with Crippen LogP contribution in [0.1, 0.15) is 24.0 Å². The number of likely N-dealkylation sites (N-methyl/N-ethyl adjacent to an activating group) is 1. The zero-order chi connectivity index (χ0) is 18.4. The normalized spacial score (nSPS) is 14.7. The van der Waals surface area contributed by atoms with Crippen LogP contribution in [0.3, 0.4) is 0 Å². The molecule has 3 rings (SSSR count). The number of halogens is 1. The van der Waals surface area contributed by atoms with Crippen LogP contribution in [0, 0.1) is 5.82 Å². The third-order valence-electron chi connectivity index (χ3n) is 4.65. The average Bonchev–Trinajstić information content (AvgIpc) is 3.11. The summed E-state index contributed by atoms with van der Waals surface area (Å²) in [6.45, 7) is 3.93. The maximum absolute atomic E-state index is 13.7. The van der Waals surface area contributed by atoms with Gasteiger partial charge in [-0.25, -0.2) is 4.39 Å². The summed E-state index contributed by atoms with van der Waals surface area (Å²) in [4.78, 5) is 16.5. The van der Waals surface area contributed by atoms with Gasteiger partial charge in [0.1, 0.15) is 5.82 Å². The number of rotatable bonds is 7. The second-order valence-corrected chi connectivity index (χ2v) is 6.99. The molecule has 1 aliphatic heterocycles.